The highest BCUT2D eigenvalue weighted by Gasteiger charge is 2.31. The van der Waals surface area contributed by atoms with Crippen molar-refractivity contribution in [3.05, 3.63) is 24.3 Å². The summed E-state index contributed by atoms with van der Waals surface area (Å²) in [6.07, 6.45) is 0. The van der Waals surface area contributed by atoms with Gasteiger partial charge >= 0.3 is 5.97 Å². The lowest BCUT2D eigenvalue weighted by Gasteiger charge is -2.29. The van der Waals surface area contributed by atoms with Crippen molar-refractivity contribution >= 4 is 35.2 Å². The maximum Gasteiger partial charge on any atom is 0.328 e. The van der Waals surface area contributed by atoms with Gasteiger partial charge in [0.2, 0.25) is 11.8 Å². The predicted octanol–water partition coefficient (Wildman–Crippen LogP) is 1.10. The highest BCUT2D eigenvalue weighted by molar-refractivity contribution is 8.00. The van der Waals surface area contributed by atoms with Crippen LogP contribution in [0, 0.1) is 0 Å². The fraction of sp³-hybridized carbons (Fsp3) is 0.357. The molecular formula is C14H16N2O4S. The molecule has 0 saturated carbocycles. The maximum absolute atomic E-state index is 12.0. The first-order valence-electron chi connectivity index (χ1n) is 6.38. The van der Waals surface area contributed by atoms with E-state index < -0.39 is 17.4 Å². The number of nitrogens with one attached hydrogen (secondary N) is 1. The molecule has 0 saturated heterocycles. The van der Waals surface area contributed by atoms with E-state index >= 15 is 0 Å². The number of hydrogen-bond donors (Lipinski definition) is 2. The number of aliphatic carboxylic acids is 1. The number of fused-ring (bicyclic) bond motifs is 1. The van der Waals surface area contributed by atoms with Gasteiger partial charge in [0.25, 0.3) is 0 Å². The van der Waals surface area contributed by atoms with Gasteiger partial charge in [-0.15, -0.1) is 11.8 Å². The summed E-state index contributed by atoms with van der Waals surface area (Å²) in [6, 6.07) is 7.32. The third-order valence-electron chi connectivity index (χ3n) is 3.10. The van der Waals surface area contributed by atoms with Crippen LogP contribution in [-0.4, -0.2) is 40.7 Å². The minimum Gasteiger partial charge on any atom is -0.480 e. The number of thioether (sulfide) groups is 1. The standard InChI is InChI=1S/C14H16N2O4S/c1-14(2,13(19)20)15-11(17)7-16-9-5-3-4-6-10(9)21-8-12(16)18/h3-6H,7-8H2,1-2H3,(H,15,17)(H,19,20). The number of carboxylic acids is 1. The quantitative estimate of drug-likeness (QED) is 0.870. The van der Waals surface area contributed by atoms with Crippen molar-refractivity contribution in [2.45, 2.75) is 24.3 Å². The minimum atomic E-state index is -1.37. The SMILES string of the molecule is CC(C)(NC(=O)CN1C(=O)CSc2ccccc21)C(=O)O. The zero-order valence-electron chi connectivity index (χ0n) is 11.8. The number of carboxylic acid groups (broad SMARTS) is 1. The lowest BCUT2D eigenvalue weighted by Crippen LogP contribution is -2.53. The molecule has 0 unspecified atom stereocenters. The van der Waals surface area contributed by atoms with Crippen LogP contribution < -0.4 is 10.2 Å². The van der Waals surface area contributed by atoms with Crippen molar-refractivity contribution < 1.29 is 19.5 Å². The lowest BCUT2D eigenvalue weighted by atomic mass is 10.1. The summed E-state index contributed by atoms with van der Waals surface area (Å²) in [4.78, 5) is 37.3. The Morgan fingerprint density at radius 1 is 1.38 bits per heavy atom. The van der Waals surface area contributed by atoms with Crippen molar-refractivity contribution in [3.8, 4) is 0 Å². The molecule has 2 N–H and O–H groups in total. The van der Waals surface area contributed by atoms with Gasteiger partial charge in [-0.25, -0.2) is 4.79 Å². The molecule has 0 fully saturated rings. The van der Waals surface area contributed by atoms with Crippen LogP contribution in [0.5, 0.6) is 0 Å². The molecule has 1 aromatic rings. The number of benzene rings is 1. The number of nitrogens with zero attached hydrogens (tertiary/aromatic N) is 1. The molecule has 7 heteroatoms. The van der Waals surface area contributed by atoms with Gasteiger partial charge in [-0.3, -0.25) is 9.59 Å². The molecule has 2 amide bonds. The van der Waals surface area contributed by atoms with E-state index in [1.165, 1.54) is 30.5 Å². The summed E-state index contributed by atoms with van der Waals surface area (Å²) in [5.41, 5.74) is -0.688. The first kappa shape index (κ1) is 15.4. The van der Waals surface area contributed by atoms with Crippen LogP contribution in [0.4, 0.5) is 5.69 Å². The lowest BCUT2D eigenvalue weighted by molar-refractivity contribution is -0.145. The molecule has 0 atom stereocenters. The zero-order chi connectivity index (χ0) is 15.6. The Morgan fingerprint density at radius 2 is 2.05 bits per heavy atom. The molecule has 6 nitrogen and oxygen atoms in total. The Morgan fingerprint density at radius 3 is 2.71 bits per heavy atom. The molecule has 0 radical (unpaired) electrons. The summed E-state index contributed by atoms with van der Waals surface area (Å²) in [5, 5.41) is 11.4. The van der Waals surface area contributed by atoms with Gasteiger partial charge in [0, 0.05) is 4.90 Å². The maximum atomic E-state index is 12.0. The van der Waals surface area contributed by atoms with E-state index in [4.69, 9.17) is 5.11 Å². The average molecular weight is 308 g/mol. The summed E-state index contributed by atoms with van der Waals surface area (Å²) in [6.45, 7) is 2.61. The van der Waals surface area contributed by atoms with Gasteiger partial charge in [-0.05, 0) is 26.0 Å². The van der Waals surface area contributed by atoms with E-state index in [-0.39, 0.29) is 18.2 Å². The van der Waals surface area contributed by atoms with E-state index in [1.807, 2.05) is 12.1 Å². The van der Waals surface area contributed by atoms with Crippen molar-refractivity contribution in [1.82, 2.24) is 5.32 Å². The number of para-hydroxylation sites is 1. The molecule has 0 aromatic heterocycles. The Balaban J connectivity index is 2.14. The van der Waals surface area contributed by atoms with Crippen molar-refractivity contribution in [1.29, 1.82) is 0 Å². The van der Waals surface area contributed by atoms with Crippen molar-refractivity contribution in [2.75, 3.05) is 17.2 Å². The van der Waals surface area contributed by atoms with Crippen LogP contribution in [0.2, 0.25) is 0 Å². The normalized spacial score (nSPS) is 14.6. The molecule has 0 aliphatic carbocycles. The Kier molecular flexibility index (Phi) is 4.22. The largest absolute Gasteiger partial charge is 0.480 e. The minimum absolute atomic E-state index is 0.165. The van der Waals surface area contributed by atoms with Crippen LogP contribution in [0.15, 0.2) is 29.2 Å². The number of carbonyl (C=O) groups is 3. The molecule has 1 aliphatic rings. The topological polar surface area (TPSA) is 86.7 Å². The van der Waals surface area contributed by atoms with E-state index in [0.717, 1.165) is 4.90 Å². The fourth-order valence-corrected chi connectivity index (χ4v) is 2.85. The number of carbonyl (C=O) groups excluding carboxylic acids is 2. The molecule has 2 rings (SSSR count). The second kappa shape index (κ2) is 5.77. The van der Waals surface area contributed by atoms with Crippen LogP contribution in [0.25, 0.3) is 0 Å². The Bertz CT molecular complexity index is 600. The molecule has 1 heterocycles. The summed E-state index contributed by atoms with van der Waals surface area (Å²) in [7, 11) is 0. The Hall–Kier alpha value is -2.02. The molecular weight excluding hydrogens is 292 g/mol. The number of hydrogen-bond acceptors (Lipinski definition) is 4. The van der Waals surface area contributed by atoms with E-state index in [9.17, 15) is 14.4 Å². The van der Waals surface area contributed by atoms with Crippen LogP contribution in [0.3, 0.4) is 0 Å². The smallest absolute Gasteiger partial charge is 0.328 e. The first-order chi connectivity index (χ1) is 9.81. The van der Waals surface area contributed by atoms with Gasteiger partial charge in [-0.1, -0.05) is 12.1 Å². The molecule has 0 bridgehead atoms. The highest BCUT2D eigenvalue weighted by atomic mass is 32.2. The Labute approximate surface area is 126 Å². The van der Waals surface area contributed by atoms with Gasteiger partial charge in [0.1, 0.15) is 12.1 Å². The highest BCUT2D eigenvalue weighted by Crippen LogP contribution is 2.34. The summed E-state index contributed by atoms with van der Waals surface area (Å²) < 4.78 is 0. The van der Waals surface area contributed by atoms with E-state index in [2.05, 4.69) is 5.32 Å². The van der Waals surface area contributed by atoms with Gasteiger partial charge in [0.05, 0.1) is 11.4 Å². The monoisotopic (exact) mass is 308 g/mol. The molecule has 1 aliphatic heterocycles. The van der Waals surface area contributed by atoms with Crippen LogP contribution >= 0.6 is 11.8 Å². The average Bonchev–Trinajstić information content (AvgIpc) is 2.41. The molecule has 21 heavy (non-hydrogen) atoms. The third kappa shape index (κ3) is 3.36. The summed E-state index contributed by atoms with van der Waals surface area (Å²) >= 11 is 1.43. The zero-order valence-corrected chi connectivity index (χ0v) is 12.6. The van der Waals surface area contributed by atoms with Gasteiger partial charge in [0.15, 0.2) is 0 Å². The van der Waals surface area contributed by atoms with Gasteiger partial charge < -0.3 is 15.3 Å². The molecule has 1 aromatic carbocycles. The van der Waals surface area contributed by atoms with E-state index in [0.29, 0.717) is 5.69 Å². The number of amides is 2. The number of rotatable bonds is 4. The molecule has 0 spiro atoms. The van der Waals surface area contributed by atoms with E-state index in [1.54, 1.807) is 12.1 Å². The molecule has 112 valence electrons. The first-order valence-corrected chi connectivity index (χ1v) is 7.36. The third-order valence-corrected chi connectivity index (χ3v) is 4.14. The fourth-order valence-electron chi connectivity index (χ4n) is 1.91. The summed E-state index contributed by atoms with van der Waals surface area (Å²) in [5.74, 6) is -1.52. The van der Waals surface area contributed by atoms with Crippen molar-refractivity contribution in [3.63, 3.8) is 0 Å². The van der Waals surface area contributed by atoms with Crippen LogP contribution in [-0.2, 0) is 14.4 Å². The second-order valence-electron chi connectivity index (χ2n) is 5.21. The number of anilines is 1. The van der Waals surface area contributed by atoms with Crippen LogP contribution in [0.1, 0.15) is 13.8 Å². The van der Waals surface area contributed by atoms with Gasteiger partial charge in [-0.2, -0.15) is 0 Å². The predicted molar refractivity (Wildman–Crippen MR) is 79.4 cm³/mol. The van der Waals surface area contributed by atoms with Crippen molar-refractivity contribution in [2.24, 2.45) is 0 Å². The second-order valence-corrected chi connectivity index (χ2v) is 6.23.